The van der Waals surface area contributed by atoms with E-state index in [2.05, 4.69) is 62.5 Å². The first kappa shape index (κ1) is 77.0. The molecular formula is C69H132N2O7P+. The Balaban J connectivity index is 5.08. The molecule has 0 heterocycles. The van der Waals surface area contributed by atoms with E-state index in [4.69, 9.17) is 13.8 Å². The molecule has 0 aromatic rings. The summed E-state index contributed by atoms with van der Waals surface area (Å²) >= 11 is 0. The summed E-state index contributed by atoms with van der Waals surface area (Å²) in [5.41, 5.74) is 0. The van der Waals surface area contributed by atoms with Crippen LogP contribution in [0.25, 0.3) is 0 Å². The Morgan fingerprint density at radius 3 is 1.18 bits per heavy atom. The highest BCUT2D eigenvalue weighted by molar-refractivity contribution is 7.47. The average Bonchev–Trinajstić information content (AvgIpc) is 3.41. The zero-order chi connectivity index (χ0) is 57.9. The number of allylic oxidation sites excluding steroid dienone is 7. The van der Waals surface area contributed by atoms with E-state index in [1.165, 1.54) is 225 Å². The number of phosphoric ester groups is 1. The summed E-state index contributed by atoms with van der Waals surface area (Å²) in [7, 11) is 1.51. The fourth-order valence-corrected chi connectivity index (χ4v) is 10.7. The molecule has 0 saturated heterocycles. The number of nitrogens with one attached hydrogen (secondary N) is 1. The number of carbonyl (C=O) groups is 2. The number of hydrogen-bond donors (Lipinski definition) is 2. The van der Waals surface area contributed by atoms with Gasteiger partial charge in [0.05, 0.1) is 33.8 Å². The molecule has 79 heavy (non-hydrogen) atoms. The van der Waals surface area contributed by atoms with Gasteiger partial charge in [-0.25, -0.2) is 4.57 Å². The molecule has 464 valence electrons. The van der Waals surface area contributed by atoms with Gasteiger partial charge >= 0.3 is 13.8 Å². The number of hydrogen-bond acceptors (Lipinski definition) is 6. The Hall–Kier alpha value is -2.03. The zero-order valence-corrected chi connectivity index (χ0v) is 54.0. The van der Waals surface area contributed by atoms with Gasteiger partial charge in [-0.05, 0) is 70.3 Å². The summed E-state index contributed by atoms with van der Waals surface area (Å²) in [6, 6.07) is -0.847. The lowest BCUT2D eigenvalue weighted by atomic mass is 10.0. The summed E-state index contributed by atoms with van der Waals surface area (Å²) in [6.45, 7) is 7.02. The molecule has 0 saturated carbocycles. The number of nitrogens with zero attached hydrogens (tertiary/aromatic N) is 1. The van der Waals surface area contributed by atoms with Crippen LogP contribution < -0.4 is 5.32 Å². The molecule has 0 aliphatic carbocycles. The Morgan fingerprint density at radius 1 is 0.443 bits per heavy atom. The molecule has 0 aromatic heterocycles. The van der Waals surface area contributed by atoms with Gasteiger partial charge in [0.2, 0.25) is 5.91 Å². The van der Waals surface area contributed by atoms with Crippen molar-refractivity contribution < 1.29 is 37.3 Å². The van der Waals surface area contributed by atoms with Crippen LogP contribution in [-0.2, 0) is 27.9 Å². The molecule has 0 aromatic carbocycles. The van der Waals surface area contributed by atoms with E-state index in [1.54, 1.807) is 0 Å². The monoisotopic (exact) mass is 1130 g/mol. The van der Waals surface area contributed by atoms with Crippen molar-refractivity contribution in [3.63, 3.8) is 0 Å². The van der Waals surface area contributed by atoms with E-state index in [0.29, 0.717) is 17.4 Å². The average molecular weight is 1130 g/mol. The van der Waals surface area contributed by atoms with Crippen LogP contribution >= 0.6 is 7.82 Å². The van der Waals surface area contributed by atoms with Crippen LogP contribution in [0.5, 0.6) is 0 Å². The molecular weight excluding hydrogens is 1000 g/mol. The molecule has 2 N–H and O–H groups in total. The van der Waals surface area contributed by atoms with Crippen molar-refractivity contribution >= 4 is 19.7 Å². The highest BCUT2D eigenvalue weighted by Gasteiger charge is 2.30. The quantitative estimate of drug-likeness (QED) is 0.0205. The first-order valence-electron chi connectivity index (χ1n) is 34.0. The highest BCUT2D eigenvalue weighted by atomic mass is 31.2. The molecule has 0 bridgehead atoms. The minimum absolute atomic E-state index is 0.0412. The number of phosphoric acid groups is 1. The minimum atomic E-state index is -4.45. The van der Waals surface area contributed by atoms with Gasteiger partial charge in [-0.2, -0.15) is 0 Å². The van der Waals surface area contributed by atoms with Gasteiger partial charge in [-0.1, -0.05) is 294 Å². The SMILES string of the molecule is CCCCC/C=C\C/C=C\C/C=C\CCCCCCCCCCCCC(=O)OC(/C=C/CCCCCCCCCCC)C(COP(=O)(O)OCC[N+](C)(C)C)NC(=O)CCCCCCCCCCCCCCCCCCCCC. The Labute approximate surface area is 490 Å². The Bertz CT molecular complexity index is 1490. The van der Waals surface area contributed by atoms with Crippen LogP contribution in [0.15, 0.2) is 48.6 Å². The lowest BCUT2D eigenvalue weighted by molar-refractivity contribution is -0.870. The van der Waals surface area contributed by atoms with Gasteiger partial charge in [0, 0.05) is 12.8 Å². The number of quaternary nitrogens is 1. The number of rotatable bonds is 62. The summed E-state index contributed by atoms with van der Waals surface area (Å²) in [5.74, 6) is -0.495. The maximum Gasteiger partial charge on any atom is 0.472 e. The Morgan fingerprint density at radius 2 is 0.772 bits per heavy atom. The fraction of sp³-hybridized carbons (Fsp3) is 0.855. The summed E-state index contributed by atoms with van der Waals surface area (Å²) < 4.78 is 30.8. The summed E-state index contributed by atoms with van der Waals surface area (Å²) in [5, 5.41) is 3.07. The molecule has 0 fully saturated rings. The van der Waals surface area contributed by atoms with Crippen molar-refractivity contribution in [2.45, 2.75) is 341 Å². The molecule has 10 heteroatoms. The smallest absolute Gasteiger partial charge is 0.456 e. The van der Waals surface area contributed by atoms with Gasteiger partial charge in [0.15, 0.2) is 0 Å². The first-order chi connectivity index (χ1) is 38.4. The summed E-state index contributed by atoms with van der Waals surface area (Å²) in [6.07, 6.45) is 74.0. The molecule has 0 aliphatic heterocycles. The normalized spacial score (nSPS) is 13.9. The van der Waals surface area contributed by atoms with Gasteiger partial charge in [-0.15, -0.1) is 0 Å². The molecule has 0 radical (unpaired) electrons. The second-order valence-corrected chi connectivity index (χ2v) is 25.8. The molecule has 9 nitrogen and oxygen atoms in total. The third-order valence-electron chi connectivity index (χ3n) is 15.3. The van der Waals surface area contributed by atoms with Crippen molar-refractivity contribution in [2.24, 2.45) is 0 Å². The highest BCUT2D eigenvalue weighted by Crippen LogP contribution is 2.43. The fourth-order valence-electron chi connectivity index (χ4n) is 10.0. The van der Waals surface area contributed by atoms with Crippen molar-refractivity contribution in [1.29, 1.82) is 0 Å². The lowest BCUT2D eigenvalue weighted by Crippen LogP contribution is -2.47. The van der Waals surface area contributed by atoms with Crippen LogP contribution in [0.1, 0.15) is 329 Å². The molecule has 3 atom stereocenters. The third-order valence-corrected chi connectivity index (χ3v) is 16.3. The topological polar surface area (TPSA) is 111 Å². The molecule has 3 unspecified atom stereocenters. The van der Waals surface area contributed by atoms with E-state index in [9.17, 15) is 19.0 Å². The molecule has 1 amide bonds. The second kappa shape index (κ2) is 59.1. The van der Waals surface area contributed by atoms with Gasteiger partial charge in [0.25, 0.3) is 0 Å². The van der Waals surface area contributed by atoms with Crippen molar-refractivity contribution in [3.05, 3.63) is 48.6 Å². The van der Waals surface area contributed by atoms with Gasteiger partial charge in [-0.3, -0.25) is 18.6 Å². The van der Waals surface area contributed by atoms with Crippen LogP contribution in [0, 0.1) is 0 Å². The lowest BCUT2D eigenvalue weighted by Gasteiger charge is -2.27. The maximum absolute atomic E-state index is 13.6. The standard InChI is InChI=1S/C69H131N2O7P/c1-7-10-13-16-19-22-25-27-29-31-33-34-35-36-38-40-42-44-47-50-53-56-59-62-69(73)78-67(60-57-54-51-48-45-24-21-18-15-12-9-3)66(65-77-79(74,75)76-64-63-71(4,5)6)70-68(72)61-58-55-52-49-46-43-41-39-37-32-30-28-26-23-20-17-14-11-8-2/h19,22,27,29,33-34,57,60,66-67H,7-18,20-21,23-26,28,30-32,35-56,58-59,61-65H2,1-6H3,(H-,70,72,74,75)/p+1/b22-19-,29-27-,34-33-,60-57+. The number of carbonyl (C=O) groups excluding carboxylic acids is 2. The van der Waals surface area contributed by atoms with E-state index in [0.717, 1.165) is 70.6 Å². The van der Waals surface area contributed by atoms with Gasteiger partial charge in [0.1, 0.15) is 19.3 Å². The minimum Gasteiger partial charge on any atom is -0.456 e. The molecule has 0 aliphatic rings. The van der Waals surface area contributed by atoms with E-state index in [-0.39, 0.29) is 31.5 Å². The summed E-state index contributed by atoms with van der Waals surface area (Å²) in [4.78, 5) is 37.8. The molecule has 0 rings (SSSR count). The van der Waals surface area contributed by atoms with E-state index in [1.807, 2.05) is 33.3 Å². The van der Waals surface area contributed by atoms with Crippen LogP contribution in [0.3, 0.4) is 0 Å². The van der Waals surface area contributed by atoms with E-state index >= 15 is 0 Å². The largest absolute Gasteiger partial charge is 0.472 e. The number of esters is 1. The number of amides is 1. The van der Waals surface area contributed by atoms with Crippen molar-refractivity contribution in [2.75, 3.05) is 40.9 Å². The number of unbranched alkanes of at least 4 members (excludes halogenated alkanes) is 40. The predicted octanol–water partition coefficient (Wildman–Crippen LogP) is 21.2. The van der Waals surface area contributed by atoms with Crippen LogP contribution in [-0.4, -0.2) is 74.3 Å². The first-order valence-corrected chi connectivity index (χ1v) is 35.5. The predicted molar refractivity (Wildman–Crippen MR) is 342 cm³/mol. The van der Waals surface area contributed by atoms with E-state index < -0.39 is 20.0 Å². The zero-order valence-electron chi connectivity index (χ0n) is 53.1. The van der Waals surface area contributed by atoms with Gasteiger partial charge < -0.3 is 19.4 Å². The number of likely N-dealkylation sites (N-methyl/N-ethyl adjacent to an activating group) is 1. The van der Waals surface area contributed by atoms with Crippen LogP contribution in [0.4, 0.5) is 0 Å². The Kier molecular flexibility index (Phi) is 57.6. The van der Waals surface area contributed by atoms with Crippen molar-refractivity contribution in [1.82, 2.24) is 5.32 Å². The van der Waals surface area contributed by atoms with Crippen LogP contribution in [0.2, 0.25) is 0 Å². The third kappa shape index (κ3) is 60.4. The number of ether oxygens (including phenoxy) is 1. The second-order valence-electron chi connectivity index (χ2n) is 24.4. The molecule has 0 spiro atoms. The van der Waals surface area contributed by atoms with Crippen molar-refractivity contribution in [3.8, 4) is 0 Å². The maximum atomic E-state index is 13.6.